The van der Waals surface area contributed by atoms with Crippen LogP contribution in [0.5, 0.6) is 0 Å². The molecule has 13 heavy (non-hydrogen) atoms. The van der Waals surface area contributed by atoms with E-state index in [2.05, 4.69) is 4.90 Å². The van der Waals surface area contributed by atoms with Crippen molar-refractivity contribution in [3.05, 3.63) is 0 Å². The molecule has 3 nitrogen and oxygen atoms in total. The minimum Gasteiger partial charge on any atom is -0.299 e. The van der Waals surface area contributed by atoms with E-state index in [9.17, 15) is 8.42 Å². The topological polar surface area (TPSA) is 37.4 Å². The minimum absolute atomic E-state index is 0.338. The Morgan fingerprint density at radius 2 is 1.77 bits per heavy atom. The van der Waals surface area contributed by atoms with E-state index in [0.29, 0.717) is 17.5 Å². The molecule has 2 fully saturated rings. The summed E-state index contributed by atoms with van der Waals surface area (Å²) >= 11 is 0. The molecule has 0 aromatic rings. The van der Waals surface area contributed by atoms with E-state index < -0.39 is 9.84 Å². The molecule has 4 heteroatoms. The molecule has 2 aliphatic rings. The zero-order valence-corrected chi connectivity index (χ0v) is 8.72. The molecule has 76 valence electrons. The molecule has 0 unspecified atom stereocenters. The molecule has 0 spiro atoms. The van der Waals surface area contributed by atoms with Crippen LogP contribution in [-0.4, -0.2) is 44.0 Å². The Balaban J connectivity index is 1.95. The fourth-order valence-corrected chi connectivity index (χ4v) is 4.11. The van der Waals surface area contributed by atoms with Crippen LogP contribution in [0.2, 0.25) is 0 Å². The Morgan fingerprint density at radius 3 is 2.31 bits per heavy atom. The van der Waals surface area contributed by atoms with E-state index in [1.165, 1.54) is 19.3 Å². The Morgan fingerprint density at radius 1 is 1.08 bits per heavy atom. The summed E-state index contributed by atoms with van der Waals surface area (Å²) in [4.78, 5) is 2.37. The molecule has 1 atom stereocenters. The summed E-state index contributed by atoms with van der Waals surface area (Å²) in [5, 5.41) is 0. The van der Waals surface area contributed by atoms with E-state index >= 15 is 0 Å². The highest BCUT2D eigenvalue weighted by Gasteiger charge is 2.32. The number of likely N-dealkylation sites (tertiary alicyclic amines) is 1. The average Bonchev–Trinajstić information content (AvgIpc) is 2.48. The summed E-state index contributed by atoms with van der Waals surface area (Å²) in [5.74, 6) is 0.821. The number of hydrogen-bond acceptors (Lipinski definition) is 3. The van der Waals surface area contributed by atoms with Gasteiger partial charge in [-0.3, -0.25) is 4.90 Å². The van der Waals surface area contributed by atoms with E-state index in [4.69, 9.17) is 0 Å². The molecular weight excluding hydrogens is 186 g/mol. The predicted molar refractivity (Wildman–Crippen MR) is 52.5 cm³/mol. The summed E-state index contributed by atoms with van der Waals surface area (Å²) in [6, 6.07) is 0.338. The highest BCUT2D eigenvalue weighted by atomic mass is 32.2. The number of hydrogen-bond donors (Lipinski definition) is 0. The third-order valence-corrected chi connectivity index (χ3v) is 4.87. The van der Waals surface area contributed by atoms with Crippen molar-refractivity contribution in [2.24, 2.45) is 0 Å². The minimum atomic E-state index is -2.69. The van der Waals surface area contributed by atoms with Gasteiger partial charge in [-0.05, 0) is 32.4 Å². The molecule has 0 saturated carbocycles. The Hall–Kier alpha value is -0.0900. The van der Waals surface area contributed by atoms with Gasteiger partial charge in [-0.1, -0.05) is 6.42 Å². The van der Waals surface area contributed by atoms with Gasteiger partial charge in [-0.2, -0.15) is 0 Å². The van der Waals surface area contributed by atoms with E-state index in [1.54, 1.807) is 0 Å². The summed E-state index contributed by atoms with van der Waals surface area (Å²) in [7, 11) is -2.69. The van der Waals surface area contributed by atoms with Gasteiger partial charge in [0, 0.05) is 6.04 Å². The first-order valence-corrected chi connectivity index (χ1v) is 6.94. The third-order valence-electron chi connectivity index (χ3n) is 3.12. The average molecular weight is 203 g/mol. The molecule has 2 heterocycles. The van der Waals surface area contributed by atoms with Crippen molar-refractivity contribution in [1.29, 1.82) is 0 Å². The molecule has 0 amide bonds. The van der Waals surface area contributed by atoms with Crippen LogP contribution in [0.25, 0.3) is 0 Å². The monoisotopic (exact) mass is 203 g/mol. The smallest absolute Gasteiger partial charge is 0.151 e. The lowest BCUT2D eigenvalue weighted by Crippen LogP contribution is -2.39. The van der Waals surface area contributed by atoms with Gasteiger partial charge >= 0.3 is 0 Å². The summed E-state index contributed by atoms with van der Waals surface area (Å²) < 4.78 is 22.5. The van der Waals surface area contributed by atoms with Gasteiger partial charge in [0.1, 0.15) is 0 Å². The van der Waals surface area contributed by atoms with Crippen molar-refractivity contribution in [3.63, 3.8) is 0 Å². The predicted octanol–water partition coefficient (Wildman–Crippen LogP) is 0.659. The van der Waals surface area contributed by atoms with E-state index in [-0.39, 0.29) is 0 Å². The van der Waals surface area contributed by atoms with Gasteiger partial charge in [-0.15, -0.1) is 0 Å². The maximum atomic E-state index is 11.3. The zero-order chi connectivity index (χ0) is 9.31. The number of nitrogens with zero attached hydrogens (tertiary/aromatic N) is 1. The maximum absolute atomic E-state index is 11.3. The number of piperidine rings is 1. The molecule has 0 bridgehead atoms. The lowest BCUT2D eigenvalue weighted by Gasteiger charge is -2.31. The van der Waals surface area contributed by atoms with Gasteiger partial charge in [0.2, 0.25) is 0 Å². The molecule has 2 aliphatic heterocycles. The van der Waals surface area contributed by atoms with Crippen LogP contribution >= 0.6 is 0 Å². The van der Waals surface area contributed by atoms with Gasteiger partial charge in [-0.25, -0.2) is 8.42 Å². The lowest BCUT2D eigenvalue weighted by atomic mass is 10.1. The van der Waals surface area contributed by atoms with Crippen molar-refractivity contribution < 1.29 is 8.42 Å². The third kappa shape index (κ3) is 2.23. The molecule has 2 saturated heterocycles. The highest BCUT2D eigenvalue weighted by Crippen LogP contribution is 2.21. The zero-order valence-electron chi connectivity index (χ0n) is 7.91. The van der Waals surface area contributed by atoms with Gasteiger partial charge in [0.25, 0.3) is 0 Å². The Labute approximate surface area is 80.0 Å². The van der Waals surface area contributed by atoms with Crippen molar-refractivity contribution in [1.82, 2.24) is 4.90 Å². The SMILES string of the molecule is O=S1(=O)CC[C@@H](N2CCCCC2)C1. The summed E-state index contributed by atoms with van der Waals surface area (Å²) in [6.07, 6.45) is 4.67. The second kappa shape index (κ2) is 3.58. The van der Waals surface area contributed by atoms with Crippen molar-refractivity contribution in [3.8, 4) is 0 Å². The maximum Gasteiger partial charge on any atom is 0.151 e. The number of rotatable bonds is 1. The molecular formula is C9H17NO2S. The number of sulfone groups is 1. The second-order valence-electron chi connectivity index (χ2n) is 4.15. The molecule has 0 radical (unpaired) electrons. The van der Waals surface area contributed by atoms with Gasteiger partial charge in [0.05, 0.1) is 11.5 Å². The fourth-order valence-electron chi connectivity index (χ4n) is 2.35. The van der Waals surface area contributed by atoms with E-state index in [1.807, 2.05) is 0 Å². The van der Waals surface area contributed by atoms with Crippen LogP contribution < -0.4 is 0 Å². The molecule has 2 rings (SSSR count). The van der Waals surface area contributed by atoms with Crippen LogP contribution in [0.4, 0.5) is 0 Å². The van der Waals surface area contributed by atoms with Crippen LogP contribution in [0, 0.1) is 0 Å². The van der Waals surface area contributed by atoms with Gasteiger partial charge in [0.15, 0.2) is 9.84 Å². The normalized spacial score (nSPS) is 34.9. The first-order valence-electron chi connectivity index (χ1n) is 5.12. The lowest BCUT2D eigenvalue weighted by molar-refractivity contribution is 0.177. The molecule has 0 aromatic carbocycles. The van der Waals surface area contributed by atoms with Crippen molar-refractivity contribution >= 4 is 9.84 Å². The van der Waals surface area contributed by atoms with Crippen LogP contribution in [0.1, 0.15) is 25.7 Å². The van der Waals surface area contributed by atoms with Crippen LogP contribution in [-0.2, 0) is 9.84 Å². The largest absolute Gasteiger partial charge is 0.299 e. The standard InChI is InChI=1S/C9H17NO2S/c11-13(12)7-4-9(8-13)10-5-2-1-3-6-10/h9H,1-8H2/t9-/m1/s1. The van der Waals surface area contributed by atoms with Gasteiger partial charge < -0.3 is 0 Å². The highest BCUT2D eigenvalue weighted by molar-refractivity contribution is 7.91. The fraction of sp³-hybridized carbons (Fsp3) is 1.00. The van der Waals surface area contributed by atoms with E-state index in [0.717, 1.165) is 19.5 Å². The summed E-state index contributed by atoms with van der Waals surface area (Å²) in [6.45, 7) is 2.22. The molecule has 0 aromatic heterocycles. The Kier molecular flexibility index (Phi) is 2.60. The summed E-state index contributed by atoms with van der Waals surface area (Å²) in [5.41, 5.74) is 0. The van der Waals surface area contributed by atoms with Crippen molar-refractivity contribution in [2.75, 3.05) is 24.6 Å². The second-order valence-corrected chi connectivity index (χ2v) is 6.38. The van der Waals surface area contributed by atoms with Crippen LogP contribution in [0.15, 0.2) is 0 Å². The van der Waals surface area contributed by atoms with Crippen molar-refractivity contribution in [2.45, 2.75) is 31.7 Å². The molecule has 0 aliphatic carbocycles. The first kappa shape index (κ1) is 9.46. The first-order chi connectivity index (χ1) is 6.17. The van der Waals surface area contributed by atoms with Crippen LogP contribution in [0.3, 0.4) is 0 Å². The quantitative estimate of drug-likeness (QED) is 0.628. The Bertz CT molecular complexity index is 267. The molecule has 0 N–H and O–H groups in total.